The fourth-order valence-corrected chi connectivity index (χ4v) is 5.02. The summed E-state index contributed by atoms with van der Waals surface area (Å²) in [4.78, 5) is 37.8. The molecule has 3 heterocycles. The first-order valence-corrected chi connectivity index (χ1v) is 9.73. The van der Waals surface area contributed by atoms with Crippen LogP contribution in [0.25, 0.3) is 0 Å². The summed E-state index contributed by atoms with van der Waals surface area (Å²) in [6, 6.07) is 5.02. The molecular weight excluding hydrogens is 346 g/mol. The van der Waals surface area contributed by atoms with E-state index in [1.54, 1.807) is 11.0 Å². The second-order valence-electron chi connectivity index (χ2n) is 8.11. The Morgan fingerprint density at radius 1 is 1.07 bits per heavy atom. The van der Waals surface area contributed by atoms with E-state index in [-0.39, 0.29) is 30.2 Å². The van der Waals surface area contributed by atoms with Gasteiger partial charge in [-0.05, 0) is 68.0 Å². The Balaban J connectivity index is 1.29. The summed E-state index contributed by atoms with van der Waals surface area (Å²) in [7, 11) is 0. The van der Waals surface area contributed by atoms with Gasteiger partial charge in [-0.2, -0.15) is 0 Å². The normalized spacial score (nSPS) is 32.4. The minimum atomic E-state index is -0.575. The predicted octanol–water partition coefficient (Wildman–Crippen LogP) is 0.824. The van der Waals surface area contributed by atoms with Crippen LogP contribution in [0.2, 0.25) is 0 Å². The van der Waals surface area contributed by atoms with Gasteiger partial charge in [-0.1, -0.05) is 0 Å². The molecule has 27 heavy (non-hydrogen) atoms. The van der Waals surface area contributed by atoms with Gasteiger partial charge < -0.3 is 15.0 Å². The molecule has 7 nitrogen and oxygen atoms in total. The molecule has 0 spiro atoms. The highest BCUT2D eigenvalue weighted by atomic mass is 16.5. The van der Waals surface area contributed by atoms with Gasteiger partial charge in [-0.25, -0.2) is 0 Å². The monoisotopic (exact) mass is 369 g/mol. The van der Waals surface area contributed by atoms with Crippen LogP contribution >= 0.6 is 0 Å². The Morgan fingerprint density at radius 3 is 2.59 bits per heavy atom. The number of ether oxygens (including phenoxy) is 1. The molecule has 0 aromatic heterocycles. The van der Waals surface area contributed by atoms with Gasteiger partial charge in [0.05, 0.1) is 6.10 Å². The van der Waals surface area contributed by atoms with Gasteiger partial charge in [0.1, 0.15) is 11.8 Å². The molecule has 3 aliphatic heterocycles. The predicted molar refractivity (Wildman–Crippen MR) is 96.0 cm³/mol. The number of piperidine rings is 1. The van der Waals surface area contributed by atoms with Crippen molar-refractivity contribution < 1.29 is 19.1 Å². The summed E-state index contributed by atoms with van der Waals surface area (Å²) in [5.74, 6) is 1.43. The quantitative estimate of drug-likeness (QED) is 0.771. The Bertz CT molecular complexity index is 811. The smallest absolute Gasteiger partial charge is 0.255 e. The molecule has 0 radical (unpaired) electrons. The molecule has 4 aliphatic rings. The lowest BCUT2D eigenvalue weighted by atomic mass is 10.0. The van der Waals surface area contributed by atoms with Crippen LogP contribution < -0.4 is 15.4 Å². The minimum absolute atomic E-state index is 0.146. The van der Waals surface area contributed by atoms with Crippen molar-refractivity contribution in [1.29, 1.82) is 0 Å². The van der Waals surface area contributed by atoms with Crippen LogP contribution in [0.1, 0.15) is 41.6 Å². The average Bonchev–Trinajstić information content (AvgIpc) is 3.29. The number of fused-ring (bicyclic) bond motifs is 2. The summed E-state index contributed by atoms with van der Waals surface area (Å²) < 4.78 is 6.21. The summed E-state index contributed by atoms with van der Waals surface area (Å²) in [5.41, 5.74) is 1.52. The van der Waals surface area contributed by atoms with Crippen molar-refractivity contribution in [2.24, 2.45) is 11.8 Å². The first-order valence-electron chi connectivity index (χ1n) is 9.73. The van der Waals surface area contributed by atoms with E-state index < -0.39 is 6.04 Å². The van der Waals surface area contributed by atoms with E-state index in [4.69, 9.17) is 4.74 Å². The second-order valence-corrected chi connectivity index (χ2v) is 8.11. The minimum Gasteiger partial charge on any atom is -0.490 e. The maximum absolute atomic E-state index is 12.7. The van der Waals surface area contributed by atoms with E-state index in [0.717, 1.165) is 37.2 Å². The van der Waals surface area contributed by atoms with E-state index >= 15 is 0 Å². The van der Waals surface area contributed by atoms with Crippen LogP contribution in [0.5, 0.6) is 5.75 Å². The third-order valence-corrected chi connectivity index (χ3v) is 6.41. The lowest BCUT2D eigenvalue weighted by Gasteiger charge is -2.29. The van der Waals surface area contributed by atoms with Crippen molar-refractivity contribution in [3.8, 4) is 5.75 Å². The molecule has 1 aromatic carbocycles. The Hall–Kier alpha value is -2.41. The molecular formula is C20H23N3O4. The maximum Gasteiger partial charge on any atom is 0.255 e. The van der Waals surface area contributed by atoms with Crippen LogP contribution in [0.4, 0.5) is 0 Å². The number of hydrogen-bond donors (Lipinski definition) is 2. The number of hydrogen-bond acceptors (Lipinski definition) is 5. The van der Waals surface area contributed by atoms with Gasteiger partial charge in [0.15, 0.2) is 0 Å². The average molecular weight is 369 g/mol. The fraction of sp³-hybridized carbons (Fsp3) is 0.550. The number of rotatable bonds is 3. The molecule has 3 unspecified atom stereocenters. The summed E-state index contributed by atoms with van der Waals surface area (Å²) in [5, 5.41) is 5.77. The van der Waals surface area contributed by atoms with Crippen LogP contribution in [-0.2, 0) is 16.1 Å². The number of amides is 3. The summed E-state index contributed by atoms with van der Waals surface area (Å²) in [6.07, 6.45) is 3.05. The van der Waals surface area contributed by atoms with Gasteiger partial charge in [0, 0.05) is 18.5 Å². The molecule has 2 saturated heterocycles. The van der Waals surface area contributed by atoms with E-state index in [9.17, 15) is 14.4 Å². The number of carbonyl (C=O) groups is 3. The van der Waals surface area contributed by atoms with Crippen molar-refractivity contribution in [2.75, 3.05) is 13.1 Å². The Morgan fingerprint density at radius 2 is 1.85 bits per heavy atom. The Kier molecular flexibility index (Phi) is 3.93. The van der Waals surface area contributed by atoms with Crippen LogP contribution in [0.3, 0.4) is 0 Å². The number of nitrogens with one attached hydrogen (secondary N) is 2. The lowest BCUT2D eigenvalue weighted by Crippen LogP contribution is -2.52. The molecule has 1 saturated carbocycles. The molecule has 142 valence electrons. The number of nitrogens with zero attached hydrogens (tertiary/aromatic N) is 1. The number of imide groups is 1. The van der Waals surface area contributed by atoms with Crippen molar-refractivity contribution in [1.82, 2.24) is 15.5 Å². The molecule has 3 atom stereocenters. The zero-order valence-electron chi connectivity index (χ0n) is 15.1. The number of carbonyl (C=O) groups excluding carboxylic acids is 3. The highest BCUT2D eigenvalue weighted by Crippen LogP contribution is 2.37. The molecule has 0 bridgehead atoms. The molecule has 1 aromatic rings. The zero-order valence-corrected chi connectivity index (χ0v) is 15.1. The molecule has 3 amide bonds. The Labute approximate surface area is 157 Å². The summed E-state index contributed by atoms with van der Waals surface area (Å²) >= 11 is 0. The van der Waals surface area contributed by atoms with Gasteiger partial charge in [0.25, 0.3) is 5.91 Å². The van der Waals surface area contributed by atoms with Gasteiger partial charge in [-0.15, -0.1) is 0 Å². The van der Waals surface area contributed by atoms with Gasteiger partial charge >= 0.3 is 0 Å². The van der Waals surface area contributed by atoms with Crippen molar-refractivity contribution in [3.63, 3.8) is 0 Å². The summed E-state index contributed by atoms with van der Waals surface area (Å²) in [6.45, 7) is 2.56. The van der Waals surface area contributed by atoms with Crippen LogP contribution in [0.15, 0.2) is 18.2 Å². The lowest BCUT2D eigenvalue weighted by molar-refractivity contribution is -0.136. The van der Waals surface area contributed by atoms with Gasteiger partial charge in [-0.3, -0.25) is 19.7 Å². The number of benzene rings is 1. The fourth-order valence-electron chi connectivity index (χ4n) is 5.02. The first kappa shape index (κ1) is 16.7. The zero-order chi connectivity index (χ0) is 18.5. The van der Waals surface area contributed by atoms with E-state index in [1.807, 2.05) is 12.1 Å². The molecule has 7 heteroatoms. The molecule has 3 fully saturated rings. The van der Waals surface area contributed by atoms with Crippen LogP contribution in [0, 0.1) is 11.8 Å². The third-order valence-electron chi connectivity index (χ3n) is 6.41. The van der Waals surface area contributed by atoms with E-state index in [0.29, 0.717) is 30.4 Å². The van der Waals surface area contributed by atoms with E-state index in [1.165, 1.54) is 0 Å². The standard InChI is InChI=1S/C20H23N3O4/c24-18-4-3-17(19(25)22-18)23-10-13-7-14(1-2-16(13)20(23)26)27-15-5-11-8-21-9-12(11)6-15/h1-2,7,11-12,15,17,21H,3-6,8-10H2,(H,22,24,25). The van der Waals surface area contributed by atoms with Crippen molar-refractivity contribution >= 4 is 17.7 Å². The van der Waals surface area contributed by atoms with Crippen LogP contribution in [-0.4, -0.2) is 47.9 Å². The third kappa shape index (κ3) is 2.90. The van der Waals surface area contributed by atoms with Gasteiger partial charge in [0.2, 0.25) is 11.8 Å². The molecule has 1 aliphatic carbocycles. The highest BCUT2D eigenvalue weighted by Gasteiger charge is 2.40. The largest absolute Gasteiger partial charge is 0.490 e. The topological polar surface area (TPSA) is 87.7 Å². The van der Waals surface area contributed by atoms with Crippen molar-refractivity contribution in [3.05, 3.63) is 29.3 Å². The molecule has 2 N–H and O–H groups in total. The highest BCUT2D eigenvalue weighted by molar-refractivity contribution is 6.05. The second kappa shape index (κ2) is 6.34. The maximum atomic E-state index is 12.7. The van der Waals surface area contributed by atoms with E-state index in [2.05, 4.69) is 10.6 Å². The SMILES string of the molecule is O=C1CCC(N2Cc3cc(OC4CC5CNCC5C4)ccc3C2=O)C(=O)N1. The first-order chi connectivity index (χ1) is 13.1. The molecule has 5 rings (SSSR count). The van der Waals surface area contributed by atoms with Crippen molar-refractivity contribution in [2.45, 2.75) is 44.4 Å².